The Kier molecular flexibility index (Phi) is 7.13. The normalized spacial score (nSPS) is 11.4. The topological polar surface area (TPSA) is 118 Å². The second-order valence-corrected chi connectivity index (χ2v) is 6.06. The monoisotopic (exact) mass is 430 g/mol. The standard InChI is InChI=1S/C17H18ClF3N6O2/c1-29-15-5-3-10(7-14(15)27(23)9-25-22)24-8-16(28)26-11-2-4-13(18)12(6-11)17(19,20)21/h2-7,9,24H,8,22-23H2,1H3,(H,26,28)/b25-9-. The van der Waals surface area contributed by atoms with E-state index in [1.165, 1.54) is 13.2 Å². The summed E-state index contributed by atoms with van der Waals surface area (Å²) >= 11 is 5.56. The van der Waals surface area contributed by atoms with Gasteiger partial charge in [-0.1, -0.05) is 11.6 Å². The molecule has 1 amide bonds. The van der Waals surface area contributed by atoms with Gasteiger partial charge in [-0.25, -0.2) is 5.84 Å². The van der Waals surface area contributed by atoms with E-state index in [0.717, 1.165) is 23.5 Å². The molecule has 29 heavy (non-hydrogen) atoms. The molecule has 2 rings (SSSR count). The van der Waals surface area contributed by atoms with Gasteiger partial charge < -0.3 is 21.2 Å². The third-order valence-electron chi connectivity index (χ3n) is 3.66. The van der Waals surface area contributed by atoms with E-state index < -0.39 is 22.7 Å². The first-order valence-electron chi connectivity index (χ1n) is 8.01. The van der Waals surface area contributed by atoms with Crippen LogP contribution in [0.2, 0.25) is 5.02 Å². The van der Waals surface area contributed by atoms with Crippen LogP contribution < -0.4 is 32.1 Å². The fourth-order valence-electron chi connectivity index (χ4n) is 2.34. The molecule has 0 saturated carbocycles. The number of halogens is 4. The molecule has 0 heterocycles. The Bertz CT molecular complexity index is 907. The third kappa shape index (κ3) is 5.90. The predicted octanol–water partition coefficient (Wildman–Crippen LogP) is 3.00. The fraction of sp³-hybridized carbons (Fsp3) is 0.176. The summed E-state index contributed by atoms with van der Waals surface area (Å²) in [7, 11) is 1.45. The lowest BCUT2D eigenvalue weighted by atomic mass is 10.2. The summed E-state index contributed by atoms with van der Waals surface area (Å²) in [4.78, 5) is 12.1. The van der Waals surface area contributed by atoms with Crippen LogP contribution in [-0.4, -0.2) is 25.9 Å². The summed E-state index contributed by atoms with van der Waals surface area (Å²) in [5, 5.41) is 9.19. The molecular weight excluding hydrogens is 413 g/mol. The van der Waals surface area contributed by atoms with Crippen LogP contribution in [0.1, 0.15) is 5.56 Å². The Hall–Kier alpha value is -3.18. The molecule has 2 aromatic carbocycles. The quantitative estimate of drug-likeness (QED) is 0.232. The molecule has 0 aliphatic carbocycles. The first-order valence-corrected chi connectivity index (χ1v) is 8.39. The van der Waals surface area contributed by atoms with Crippen LogP contribution in [0.5, 0.6) is 5.75 Å². The maximum Gasteiger partial charge on any atom is 0.417 e. The van der Waals surface area contributed by atoms with Crippen LogP contribution in [0, 0.1) is 0 Å². The summed E-state index contributed by atoms with van der Waals surface area (Å²) in [6, 6.07) is 7.93. The summed E-state index contributed by atoms with van der Waals surface area (Å²) in [5.41, 5.74) is -0.144. The number of nitrogens with zero attached hydrogens (tertiary/aromatic N) is 2. The highest BCUT2D eigenvalue weighted by atomic mass is 35.5. The number of rotatable bonds is 7. The van der Waals surface area contributed by atoms with Crippen LogP contribution in [0.15, 0.2) is 41.5 Å². The Morgan fingerprint density at radius 2 is 1.97 bits per heavy atom. The lowest BCUT2D eigenvalue weighted by molar-refractivity contribution is -0.137. The van der Waals surface area contributed by atoms with Crippen molar-refractivity contribution in [2.45, 2.75) is 6.18 Å². The van der Waals surface area contributed by atoms with E-state index in [9.17, 15) is 18.0 Å². The number of nitrogens with one attached hydrogen (secondary N) is 2. The van der Waals surface area contributed by atoms with E-state index in [1.54, 1.807) is 18.2 Å². The number of hydrogen-bond acceptors (Lipinski definition) is 6. The van der Waals surface area contributed by atoms with Crippen molar-refractivity contribution in [1.29, 1.82) is 0 Å². The zero-order chi connectivity index (χ0) is 21.6. The molecule has 6 N–H and O–H groups in total. The molecule has 12 heteroatoms. The molecular formula is C17H18ClF3N6O2. The molecule has 0 aliphatic heterocycles. The van der Waals surface area contributed by atoms with Crippen molar-refractivity contribution < 1.29 is 22.7 Å². The maximum absolute atomic E-state index is 12.9. The number of ether oxygens (including phenoxy) is 1. The second kappa shape index (κ2) is 9.34. The minimum absolute atomic E-state index is 0.0313. The van der Waals surface area contributed by atoms with E-state index >= 15 is 0 Å². The van der Waals surface area contributed by atoms with Crippen molar-refractivity contribution in [3.05, 3.63) is 47.0 Å². The summed E-state index contributed by atoms with van der Waals surface area (Å²) in [5.74, 6) is 10.7. The highest BCUT2D eigenvalue weighted by Gasteiger charge is 2.33. The molecule has 8 nitrogen and oxygen atoms in total. The number of nitrogens with two attached hydrogens (primary N) is 2. The van der Waals surface area contributed by atoms with Gasteiger partial charge in [-0.15, -0.1) is 0 Å². The van der Waals surface area contributed by atoms with Crippen LogP contribution in [-0.2, 0) is 11.0 Å². The number of carbonyl (C=O) groups excluding carboxylic acids is 1. The van der Waals surface area contributed by atoms with Crippen molar-refractivity contribution in [1.82, 2.24) is 0 Å². The molecule has 0 bridgehead atoms. The number of hydrazone groups is 1. The molecule has 0 atom stereocenters. The van der Waals surface area contributed by atoms with E-state index in [2.05, 4.69) is 15.7 Å². The molecule has 156 valence electrons. The van der Waals surface area contributed by atoms with E-state index in [1.807, 2.05) is 0 Å². The molecule has 0 fully saturated rings. The molecule has 0 radical (unpaired) electrons. The minimum atomic E-state index is -4.63. The van der Waals surface area contributed by atoms with Crippen LogP contribution in [0.3, 0.4) is 0 Å². The van der Waals surface area contributed by atoms with Crippen molar-refractivity contribution in [3.63, 3.8) is 0 Å². The van der Waals surface area contributed by atoms with Crippen molar-refractivity contribution in [3.8, 4) is 5.75 Å². The second-order valence-electron chi connectivity index (χ2n) is 5.65. The van der Waals surface area contributed by atoms with Gasteiger partial charge in [-0.05, 0) is 36.4 Å². The molecule has 0 aliphatic rings. The van der Waals surface area contributed by atoms with E-state index in [0.29, 0.717) is 17.1 Å². The zero-order valence-electron chi connectivity index (χ0n) is 15.1. The average molecular weight is 431 g/mol. The number of hydrazine groups is 1. The van der Waals surface area contributed by atoms with Crippen LogP contribution >= 0.6 is 11.6 Å². The van der Waals surface area contributed by atoms with Crippen LogP contribution in [0.25, 0.3) is 0 Å². The molecule has 0 unspecified atom stereocenters. The van der Waals surface area contributed by atoms with Crippen molar-refractivity contribution in [2.75, 3.05) is 29.3 Å². The summed E-state index contributed by atoms with van der Waals surface area (Å²) in [6.45, 7) is -0.217. The van der Waals surface area contributed by atoms with Gasteiger partial charge in [-0.2, -0.15) is 18.3 Å². The Morgan fingerprint density at radius 1 is 1.28 bits per heavy atom. The maximum atomic E-state index is 12.9. The zero-order valence-corrected chi connectivity index (χ0v) is 15.9. The molecule has 0 aromatic heterocycles. The van der Waals surface area contributed by atoms with Gasteiger partial charge in [0.2, 0.25) is 5.91 Å². The molecule has 0 saturated heterocycles. The van der Waals surface area contributed by atoms with Gasteiger partial charge in [0.1, 0.15) is 17.8 Å². The molecule has 2 aromatic rings. The van der Waals surface area contributed by atoms with Gasteiger partial charge in [0.25, 0.3) is 0 Å². The highest BCUT2D eigenvalue weighted by Crippen LogP contribution is 2.36. The van der Waals surface area contributed by atoms with Crippen LogP contribution in [0.4, 0.5) is 30.2 Å². The van der Waals surface area contributed by atoms with Gasteiger partial charge in [0, 0.05) is 11.4 Å². The lowest BCUT2D eigenvalue weighted by Gasteiger charge is -2.17. The first-order chi connectivity index (χ1) is 13.7. The summed E-state index contributed by atoms with van der Waals surface area (Å²) in [6.07, 6.45) is -3.47. The largest absolute Gasteiger partial charge is 0.495 e. The Labute approximate surface area is 169 Å². The SMILES string of the molecule is COc1ccc(NCC(=O)Nc2ccc(Cl)c(C(F)(F)F)c2)cc1N(N)/C=N\N. The number of anilines is 3. The van der Waals surface area contributed by atoms with Gasteiger partial charge >= 0.3 is 6.18 Å². The fourth-order valence-corrected chi connectivity index (χ4v) is 2.57. The smallest absolute Gasteiger partial charge is 0.417 e. The Morgan fingerprint density at radius 3 is 2.59 bits per heavy atom. The number of carbonyl (C=O) groups is 1. The van der Waals surface area contributed by atoms with Gasteiger partial charge in [0.15, 0.2) is 0 Å². The predicted molar refractivity (Wildman–Crippen MR) is 106 cm³/mol. The number of hydrogen-bond donors (Lipinski definition) is 4. The van der Waals surface area contributed by atoms with Crippen molar-refractivity contribution >= 4 is 40.9 Å². The average Bonchev–Trinajstić information content (AvgIpc) is 2.67. The molecule has 0 spiro atoms. The Balaban J connectivity index is 2.07. The van der Waals surface area contributed by atoms with Crippen molar-refractivity contribution in [2.24, 2.45) is 16.8 Å². The first kappa shape index (κ1) is 22.1. The highest BCUT2D eigenvalue weighted by molar-refractivity contribution is 6.31. The minimum Gasteiger partial charge on any atom is -0.495 e. The third-order valence-corrected chi connectivity index (χ3v) is 3.99. The number of amides is 1. The lowest BCUT2D eigenvalue weighted by Crippen LogP contribution is -2.30. The summed E-state index contributed by atoms with van der Waals surface area (Å²) < 4.78 is 43.9. The number of alkyl halides is 3. The van der Waals surface area contributed by atoms with E-state index in [4.69, 9.17) is 28.0 Å². The van der Waals surface area contributed by atoms with E-state index in [-0.39, 0.29) is 12.2 Å². The van der Waals surface area contributed by atoms with Gasteiger partial charge in [0.05, 0.1) is 24.2 Å². The number of methoxy groups -OCH3 is 1. The number of benzene rings is 2. The van der Waals surface area contributed by atoms with Gasteiger partial charge in [-0.3, -0.25) is 9.80 Å².